The van der Waals surface area contributed by atoms with Crippen LogP contribution in [0.3, 0.4) is 0 Å². The lowest BCUT2D eigenvalue weighted by atomic mass is 9.87. The van der Waals surface area contributed by atoms with Gasteiger partial charge in [0.2, 0.25) is 0 Å². The van der Waals surface area contributed by atoms with E-state index in [0.29, 0.717) is 18.4 Å². The van der Waals surface area contributed by atoms with Crippen LogP contribution in [0.5, 0.6) is 0 Å². The molecule has 0 radical (unpaired) electrons. The Morgan fingerprint density at radius 3 is 2.57 bits per heavy atom. The largest absolute Gasteiger partial charge is 0.362 e. The first-order chi connectivity index (χ1) is 10.8. The second-order valence-electron chi connectivity index (χ2n) is 7.70. The Morgan fingerprint density at radius 1 is 1.43 bits per heavy atom. The van der Waals surface area contributed by atoms with Crippen molar-refractivity contribution in [3.05, 3.63) is 35.0 Å². The molecule has 1 aromatic rings. The molecule has 1 aliphatic heterocycles. The predicted molar refractivity (Wildman–Crippen MR) is 97.3 cm³/mol. The molecule has 2 rings (SSSR count). The first-order valence-corrected chi connectivity index (χ1v) is 8.72. The van der Waals surface area contributed by atoms with Crippen LogP contribution in [-0.4, -0.2) is 35.2 Å². The quantitative estimate of drug-likeness (QED) is 0.883. The number of allylic oxidation sites excluding steroid dienone is 2. The van der Waals surface area contributed by atoms with E-state index in [-0.39, 0.29) is 0 Å². The highest BCUT2D eigenvalue weighted by atomic mass is 19.1. The van der Waals surface area contributed by atoms with E-state index in [0.717, 1.165) is 31.3 Å². The fourth-order valence-corrected chi connectivity index (χ4v) is 3.35. The number of piperidine rings is 1. The number of likely N-dealkylation sites (tertiary alicyclic amines) is 1. The fourth-order valence-electron chi connectivity index (χ4n) is 3.35. The molecule has 0 unspecified atom stereocenters. The standard InChI is InChI=1S/C20H31FN2/c1-15(2)6-7-19(18-8-11-22-16(18)3)17-9-12-23(13-10-17)14-20(4,5)21/h6-8,11,15,17,22H,3,9-10,12-14H2,1-2,4-5H3/b7-6?,19-18+. The molecule has 128 valence electrons. The summed E-state index contributed by atoms with van der Waals surface area (Å²) < 4.78 is 13.8. The van der Waals surface area contributed by atoms with Gasteiger partial charge in [0.05, 0.1) is 0 Å². The smallest absolute Gasteiger partial charge is 0.118 e. The number of nitrogens with zero attached hydrogens (tertiary/aromatic N) is 1. The molecule has 0 amide bonds. The summed E-state index contributed by atoms with van der Waals surface area (Å²) in [7, 11) is 0. The molecule has 0 atom stereocenters. The van der Waals surface area contributed by atoms with Crippen molar-refractivity contribution in [2.45, 2.75) is 46.2 Å². The van der Waals surface area contributed by atoms with Crippen LogP contribution in [0.15, 0.2) is 24.4 Å². The molecular weight excluding hydrogens is 287 g/mol. The van der Waals surface area contributed by atoms with E-state index in [1.807, 2.05) is 6.20 Å². The number of nitrogens with one attached hydrogen (secondary N) is 1. The summed E-state index contributed by atoms with van der Waals surface area (Å²) in [5.41, 5.74) is 0.266. The molecule has 0 aliphatic carbocycles. The van der Waals surface area contributed by atoms with Crippen molar-refractivity contribution in [1.82, 2.24) is 9.88 Å². The number of hydrogen-bond acceptors (Lipinski definition) is 1. The van der Waals surface area contributed by atoms with E-state index >= 15 is 0 Å². The average Bonchev–Trinajstić information content (AvgIpc) is 2.85. The summed E-state index contributed by atoms with van der Waals surface area (Å²) in [5.74, 6) is 1.06. The zero-order chi connectivity index (χ0) is 17.0. The summed E-state index contributed by atoms with van der Waals surface area (Å²) in [4.78, 5) is 5.44. The number of aromatic nitrogens is 1. The molecule has 1 aromatic heterocycles. The number of halogens is 1. The van der Waals surface area contributed by atoms with Crippen molar-refractivity contribution in [3.8, 4) is 0 Å². The van der Waals surface area contributed by atoms with Crippen molar-refractivity contribution >= 4 is 12.2 Å². The van der Waals surface area contributed by atoms with E-state index in [1.165, 1.54) is 10.8 Å². The molecule has 2 heterocycles. The van der Waals surface area contributed by atoms with Gasteiger partial charge in [-0.3, -0.25) is 0 Å². The molecule has 23 heavy (non-hydrogen) atoms. The molecule has 3 heteroatoms. The van der Waals surface area contributed by atoms with Gasteiger partial charge in [-0.15, -0.1) is 0 Å². The van der Waals surface area contributed by atoms with Crippen molar-refractivity contribution in [3.63, 3.8) is 0 Å². The molecule has 0 saturated carbocycles. The van der Waals surface area contributed by atoms with Gasteiger partial charge < -0.3 is 9.88 Å². The van der Waals surface area contributed by atoms with Crippen LogP contribution >= 0.6 is 0 Å². The maximum atomic E-state index is 13.8. The van der Waals surface area contributed by atoms with E-state index in [9.17, 15) is 4.39 Å². The number of aromatic amines is 1. The SMILES string of the molecule is C=c1[nH]cc/c1=C(/C=CC(C)C)C1CCN(CC(C)(C)F)CC1. The van der Waals surface area contributed by atoms with E-state index in [4.69, 9.17) is 0 Å². The Hall–Kier alpha value is -1.35. The molecular formula is C20H31FN2. The zero-order valence-corrected chi connectivity index (χ0v) is 15.0. The molecule has 0 bridgehead atoms. The van der Waals surface area contributed by atoms with Gasteiger partial charge in [-0.25, -0.2) is 4.39 Å². The summed E-state index contributed by atoms with van der Waals surface area (Å²) in [6, 6.07) is 2.12. The van der Waals surface area contributed by atoms with E-state index in [2.05, 4.69) is 48.5 Å². The number of rotatable bonds is 5. The van der Waals surface area contributed by atoms with Gasteiger partial charge in [-0.1, -0.05) is 32.6 Å². The monoisotopic (exact) mass is 318 g/mol. The van der Waals surface area contributed by atoms with Crippen molar-refractivity contribution in [1.29, 1.82) is 0 Å². The summed E-state index contributed by atoms with van der Waals surface area (Å²) >= 11 is 0. The summed E-state index contributed by atoms with van der Waals surface area (Å²) in [6.07, 6.45) is 8.67. The first-order valence-electron chi connectivity index (χ1n) is 8.72. The van der Waals surface area contributed by atoms with Gasteiger partial charge in [0.15, 0.2) is 0 Å². The van der Waals surface area contributed by atoms with Crippen LogP contribution < -0.4 is 10.6 Å². The Balaban J connectivity index is 2.18. The normalized spacial score (nSPS) is 19.7. The Kier molecular flexibility index (Phi) is 5.85. The first kappa shape index (κ1) is 18.0. The van der Waals surface area contributed by atoms with Gasteiger partial charge in [0.25, 0.3) is 0 Å². The summed E-state index contributed by atoms with van der Waals surface area (Å²) in [5, 5.41) is 2.21. The maximum absolute atomic E-state index is 13.8. The minimum atomic E-state index is -1.11. The third-order valence-corrected chi connectivity index (χ3v) is 4.43. The number of alkyl halides is 1. The highest BCUT2D eigenvalue weighted by Gasteiger charge is 2.26. The average molecular weight is 318 g/mol. The highest BCUT2D eigenvalue weighted by molar-refractivity contribution is 5.59. The fraction of sp³-hybridized carbons (Fsp3) is 0.600. The molecule has 2 nitrogen and oxygen atoms in total. The third-order valence-electron chi connectivity index (χ3n) is 4.43. The summed E-state index contributed by atoms with van der Waals surface area (Å²) in [6.45, 7) is 14.3. The van der Waals surface area contributed by atoms with Crippen LogP contribution in [0.25, 0.3) is 12.2 Å². The number of hydrogen-bond donors (Lipinski definition) is 1. The third kappa shape index (κ3) is 5.35. The van der Waals surface area contributed by atoms with Crippen LogP contribution in [0.4, 0.5) is 4.39 Å². The maximum Gasteiger partial charge on any atom is 0.118 e. The second-order valence-corrected chi connectivity index (χ2v) is 7.70. The van der Waals surface area contributed by atoms with Gasteiger partial charge in [-0.05, 0) is 63.3 Å². The van der Waals surface area contributed by atoms with Gasteiger partial charge in [0, 0.05) is 23.3 Å². The topological polar surface area (TPSA) is 19.0 Å². The minimum absolute atomic E-state index is 0.528. The molecule has 1 N–H and O–H groups in total. The molecule has 1 aliphatic rings. The van der Waals surface area contributed by atoms with Crippen molar-refractivity contribution < 1.29 is 4.39 Å². The Bertz CT molecular complexity index is 625. The lowest BCUT2D eigenvalue weighted by molar-refractivity contribution is 0.103. The molecule has 1 saturated heterocycles. The predicted octanol–water partition coefficient (Wildman–Crippen LogP) is 3.25. The van der Waals surface area contributed by atoms with Crippen molar-refractivity contribution in [2.75, 3.05) is 19.6 Å². The molecule has 0 spiro atoms. The lowest BCUT2D eigenvalue weighted by Crippen LogP contribution is -2.41. The second kappa shape index (κ2) is 7.48. The van der Waals surface area contributed by atoms with Gasteiger partial charge in [0.1, 0.15) is 5.67 Å². The van der Waals surface area contributed by atoms with Crippen molar-refractivity contribution in [2.24, 2.45) is 11.8 Å². The van der Waals surface area contributed by atoms with E-state index in [1.54, 1.807) is 13.8 Å². The zero-order valence-electron chi connectivity index (χ0n) is 15.0. The van der Waals surface area contributed by atoms with Gasteiger partial charge in [-0.2, -0.15) is 0 Å². The van der Waals surface area contributed by atoms with Crippen LogP contribution in [0.1, 0.15) is 40.5 Å². The molecule has 0 aromatic carbocycles. The van der Waals surface area contributed by atoms with E-state index < -0.39 is 5.67 Å². The Labute approximate surface area is 139 Å². The number of H-pyrrole nitrogens is 1. The van der Waals surface area contributed by atoms with Crippen LogP contribution in [-0.2, 0) is 0 Å². The highest BCUT2D eigenvalue weighted by Crippen LogP contribution is 2.27. The molecule has 1 fully saturated rings. The lowest BCUT2D eigenvalue weighted by Gasteiger charge is -2.35. The van der Waals surface area contributed by atoms with Crippen LogP contribution in [0, 0.1) is 11.8 Å². The minimum Gasteiger partial charge on any atom is -0.362 e. The van der Waals surface area contributed by atoms with Gasteiger partial charge >= 0.3 is 0 Å². The Morgan fingerprint density at radius 2 is 2.09 bits per heavy atom. The van der Waals surface area contributed by atoms with Crippen LogP contribution in [0.2, 0.25) is 0 Å².